The van der Waals surface area contributed by atoms with Crippen LogP contribution in [-0.4, -0.2) is 33.5 Å². The molecular weight excluding hydrogens is 272 g/mol. The average molecular weight is 292 g/mol. The van der Waals surface area contributed by atoms with Gasteiger partial charge in [0.1, 0.15) is 5.76 Å². The Balaban J connectivity index is 2.67. The molecule has 2 N–H and O–H groups in total. The first-order chi connectivity index (χ1) is 8.49. The summed E-state index contributed by atoms with van der Waals surface area (Å²) < 4.78 is 31.9. The van der Waals surface area contributed by atoms with Gasteiger partial charge in [0.15, 0.2) is 0 Å². The Bertz CT molecular complexity index is 457. The maximum absolute atomic E-state index is 12.0. The minimum Gasteiger partial charge on any atom is -0.447 e. The van der Waals surface area contributed by atoms with Gasteiger partial charge in [-0.15, -0.1) is 0 Å². The number of thioether (sulfide) groups is 1. The zero-order valence-electron chi connectivity index (χ0n) is 10.9. The monoisotopic (exact) mass is 292 g/mol. The van der Waals surface area contributed by atoms with Crippen molar-refractivity contribution in [3.05, 3.63) is 17.9 Å². The lowest BCUT2D eigenvalue weighted by atomic mass is 10.3. The quantitative estimate of drug-likeness (QED) is 0.758. The van der Waals surface area contributed by atoms with Gasteiger partial charge in [-0.2, -0.15) is 11.8 Å². The molecule has 1 unspecified atom stereocenters. The second kappa shape index (κ2) is 7.18. The lowest BCUT2D eigenvalue weighted by Gasteiger charge is -2.11. The van der Waals surface area contributed by atoms with E-state index in [0.29, 0.717) is 12.3 Å². The molecule has 1 heterocycles. The standard InChI is InChI=1S/C11H20N2O3S2/c1-9(6-7-17-3)13-18(14,15)11-5-4-10(16-11)8-12-2/h4-5,9,12-13H,6-8H2,1-3H3. The molecule has 18 heavy (non-hydrogen) atoms. The summed E-state index contributed by atoms with van der Waals surface area (Å²) >= 11 is 1.70. The van der Waals surface area contributed by atoms with Crippen molar-refractivity contribution in [2.75, 3.05) is 19.1 Å². The highest BCUT2D eigenvalue weighted by atomic mass is 32.2. The summed E-state index contributed by atoms with van der Waals surface area (Å²) in [6, 6.07) is 3.05. The van der Waals surface area contributed by atoms with Gasteiger partial charge in [-0.1, -0.05) is 0 Å². The predicted molar refractivity (Wildman–Crippen MR) is 74.3 cm³/mol. The summed E-state index contributed by atoms with van der Waals surface area (Å²) in [6.45, 7) is 2.36. The maximum Gasteiger partial charge on any atom is 0.274 e. The average Bonchev–Trinajstić information content (AvgIpc) is 2.75. The SMILES string of the molecule is CNCc1ccc(S(=O)(=O)NC(C)CCSC)o1. The number of furan rings is 1. The molecule has 0 aliphatic carbocycles. The molecule has 0 aliphatic heterocycles. The first-order valence-electron chi connectivity index (χ1n) is 5.74. The molecule has 1 atom stereocenters. The lowest BCUT2D eigenvalue weighted by Crippen LogP contribution is -2.32. The Morgan fingerprint density at radius 2 is 2.17 bits per heavy atom. The molecule has 0 bridgehead atoms. The molecule has 0 spiro atoms. The molecule has 0 radical (unpaired) electrons. The number of hydrogen-bond acceptors (Lipinski definition) is 5. The molecule has 1 aromatic rings. The van der Waals surface area contributed by atoms with Gasteiger partial charge in [-0.25, -0.2) is 13.1 Å². The Morgan fingerprint density at radius 3 is 2.78 bits per heavy atom. The maximum atomic E-state index is 12.0. The van der Waals surface area contributed by atoms with E-state index in [0.717, 1.165) is 12.2 Å². The zero-order valence-corrected chi connectivity index (χ0v) is 12.5. The van der Waals surface area contributed by atoms with Gasteiger partial charge in [0.2, 0.25) is 5.09 Å². The van der Waals surface area contributed by atoms with E-state index in [2.05, 4.69) is 10.0 Å². The van der Waals surface area contributed by atoms with Crippen LogP contribution in [0.1, 0.15) is 19.1 Å². The van der Waals surface area contributed by atoms with Gasteiger partial charge in [0.05, 0.1) is 6.54 Å². The van der Waals surface area contributed by atoms with Crippen LogP contribution in [0.4, 0.5) is 0 Å². The molecular formula is C11H20N2O3S2. The van der Waals surface area contributed by atoms with Gasteiger partial charge in [-0.3, -0.25) is 0 Å². The number of nitrogens with one attached hydrogen (secondary N) is 2. The van der Waals surface area contributed by atoms with Gasteiger partial charge in [0, 0.05) is 6.04 Å². The van der Waals surface area contributed by atoms with Crippen LogP contribution in [0.25, 0.3) is 0 Å². The van der Waals surface area contributed by atoms with E-state index in [9.17, 15) is 8.42 Å². The fourth-order valence-corrected chi connectivity index (χ4v) is 3.27. The Kier molecular flexibility index (Phi) is 6.20. The lowest BCUT2D eigenvalue weighted by molar-refractivity contribution is 0.402. The molecule has 0 saturated carbocycles. The third-order valence-corrected chi connectivity index (χ3v) is 4.47. The van der Waals surface area contributed by atoms with Crippen molar-refractivity contribution >= 4 is 21.8 Å². The molecule has 0 saturated heterocycles. The van der Waals surface area contributed by atoms with E-state index in [1.54, 1.807) is 24.9 Å². The van der Waals surface area contributed by atoms with E-state index in [1.807, 2.05) is 13.2 Å². The predicted octanol–water partition coefficient (Wildman–Crippen LogP) is 1.42. The summed E-state index contributed by atoms with van der Waals surface area (Å²) in [4.78, 5) is 0. The molecule has 0 amide bonds. The van der Waals surface area contributed by atoms with Crippen LogP contribution in [0, 0.1) is 0 Å². The molecule has 0 aromatic carbocycles. The molecule has 1 aromatic heterocycles. The Morgan fingerprint density at radius 1 is 1.44 bits per heavy atom. The molecule has 7 heteroatoms. The zero-order chi connectivity index (χ0) is 13.6. The first-order valence-corrected chi connectivity index (χ1v) is 8.62. The third kappa shape index (κ3) is 4.64. The fraction of sp³-hybridized carbons (Fsp3) is 0.636. The topological polar surface area (TPSA) is 71.3 Å². The molecule has 104 valence electrons. The summed E-state index contributed by atoms with van der Waals surface area (Å²) in [6.07, 6.45) is 2.79. The first kappa shape index (κ1) is 15.6. The smallest absolute Gasteiger partial charge is 0.274 e. The van der Waals surface area contributed by atoms with Crippen molar-refractivity contribution in [3.63, 3.8) is 0 Å². The van der Waals surface area contributed by atoms with Crippen molar-refractivity contribution < 1.29 is 12.8 Å². The van der Waals surface area contributed by atoms with Crippen molar-refractivity contribution in [1.29, 1.82) is 0 Å². The second-order valence-electron chi connectivity index (χ2n) is 4.05. The van der Waals surface area contributed by atoms with Crippen molar-refractivity contribution in [2.24, 2.45) is 0 Å². The normalized spacial score (nSPS) is 13.7. The molecule has 0 aliphatic rings. The van der Waals surface area contributed by atoms with Crippen LogP contribution in [0.15, 0.2) is 21.6 Å². The highest BCUT2D eigenvalue weighted by Gasteiger charge is 2.20. The van der Waals surface area contributed by atoms with Crippen molar-refractivity contribution in [2.45, 2.75) is 31.0 Å². The molecule has 0 fully saturated rings. The summed E-state index contributed by atoms with van der Waals surface area (Å²) in [5, 5.41) is 2.88. The third-order valence-electron chi connectivity index (χ3n) is 2.36. The van der Waals surface area contributed by atoms with E-state index < -0.39 is 10.0 Å². The van der Waals surface area contributed by atoms with Crippen LogP contribution in [0.5, 0.6) is 0 Å². The molecule has 5 nitrogen and oxygen atoms in total. The number of hydrogen-bond donors (Lipinski definition) is 2. The van der Waals surface area contributed by atoms with Crippen LogP contribution >= 0.6 is 11.8 Å². The summed E-state index contributed by atoms with van der Waals surface area (Å²) in [5.41, 5.74) is 0. The van der Waals surface area contributed by atoms with Gasteiger partial charge in [0.25, 0.3) is 10.0 Å². The van der Waals surface area contributed by atoms with Gasteiger partial charge in [-0.05, 0) is 44.5 Å². The summed E-state index contributed by atoms with van der Waals surface area (Å²) in [5.74, 6) is 1.53. The van der Waals surface area contributed by atoms with Crippen LogP contribution < -0.4 is 10.0 Å². The van der Waals surface area contributed by atoms with E-state index >= 15 is 0 Å². The van der Waals surface area contributed by atoms with Crippen LogP contribution in [-0.2, 0) is 16.6 Å². The highest BCUT2D eigenvalue weighted by Crippen LogP contribution is 2.14. The fourth-order valence-electron chi connectivity index (χ4n) is 1.45. The Hall–Kier alpha value is -0.500. The number of rotatable bonds is 8. The van der Waals surface area contributed by atoms with Crippen LogP contribution in [0.3, 0.4) is 0 Å². The molecule has 1 rings (SSSR count). The second-order valence-corrected chi connectivity index (χ2v) is 6.69. The largest absolute Gasteiger partial charge is 0.447 e. The van der Waals surface area contributed by atoms with Crippen molar-refractivity contribution in [1.82, 2.24) is 10.0 Å². The summed E-state index contributed by atoms with van der Waals surface area (Å²) in [7, 11) is -1.76. The minimum atomic E-state index is -3.54. The van der Waals surface area contributed by atoms with Gasteiger partial charge >= 0.3 is 0 Å². The van der Waals surface area contributed by atoms with E-state index in [-0.39, 0.29) is 11.1 Å². The highest BCUT2D eigenvalue weighted by molar-refractivity contribution is 7.98. The Labute approximate surface area is 113 Å². The van der Waals surface area contributed by atoms with E-state index in [1.165, 1.54) is 6.07 Å². The van der Waals surface area contributed by atoms with Gasteiger partial charge < -0.3 is 9.73 Å². The van der Waals surface area contributed by atoms with Crippen LogP contribution in [0.2, 0.25) is 0 Å². The van der Waals surface area contributed by atoms with E-state index in [4.69, 9.17) is 4.42 Å². The minimum absolute atomic E-state index is 0.0243. The number of sulfonamides is 1. The van der Waals surface area contributed by atoms with Crippen molar-refractivity contribution in [3.8, 4) is 0 Å².